The maximum atomic E-state index is 11.3. The summed E-state index contributed by atoms with van der Waals surface area (Å²) in [6.07, 6.45) is 1.35. The minimum absolute atomic E-state index is 0.314. The third-order valence-electron chi connectivity index (χ3n) is 2.76. The van der Waals surface area contributed by atoms with E-state index in [1.807, 2.05) is 13.0 Å². The molecule has 0 atom stereocenters. The second-order valence-electron chi connectivity index (χ2n) is 4.23. The Morgan fingerprint density at radius 1 is 1.40 bits per heavy atom. The van der Waals surface area contributed by atoms with Crippen LogP contribution in [0.3, 0.4) is 0 Å². The maximum absolute atomic E-state index is 11.3. The van der Waals surface area contributed by atoms with E-state index in [4.69, 9.17) is 10.5 Å². The highest BCUT2D eigenvalue weighted by Crippen LogP contribution is 2.33. The van der Waals surface area contributed by atoms with Crippen LogP contribution in [-0.4, -0.2) is 19.6 Å². The Hall–Kier alpha value is -2.35. The topological polar surface area (TPSA) is 98.3 Å². The Bertz CT molecular complexity index is 831. The van der Waals surface area contributed by atoms with Crippen LogP contribution in [0.1, 0.15) is 5.56 Å². The number of halogens is 1. The molecule has 0 amide bonds. The lowest BCUT2D eigenvalue weighted by atomic mass is 10.2. The van der Waals surface area contributed by atoms with Crippen LogP contribution in [0.15, 0.2) is 33.8 Å². The lowest BCUT2D eigenvalue weighted by Gasteiger charge is -2.11. The molecule has 0 aliphatic heterocycles. The molecule has 0 spiro atoms. The van der Waals surface area contributed by atoms with Gasteiger partial charge in [-0.1, -0.05) is 15.9 Å². The molecule has 20 heavy (non-hydrogen) atoms. The summed E-state index contributed by atoms with van der Waals surface area (Å²) in [6, 6.07) is 5.20. The summed E-state index contributed by atoms with van der Waals surface area (Å²) >= 11 is 3.36. The van der Waals surface area contributed by atoms with Gasteiger partial charge < -0.3 is 10.5 Å². The van der Waals surface area contributed by atoms with Crippen molar-refractivity contribution in [3.8, 4) is 11.6 Å². The van der Waals surface area contributed by atoms with E-state index in [0.717, 1.165) is 10.0 Å². The van der Waals surface area contributed by atoms with Gasteiger partial charge in [0.1, 0.15) is 6.33 Å². The number of hydrogen-bond donors (Lipinski definition) is 2. The predicted octanol–water partition coefficient (Wildman–Crippen LogP) is 1.86. The van der Waals surface area contributed by atoms with E-state index in [1.165, 1.54) is 10.7 Å². The Kier molecular flexibility index (Phi) is 2.94. The highest BCUT2D eigenvalue weighted by Gasteiger charge is 2.10. The lowest BCUT2D eigenvalue weighted by molar-refractivity contribution is 0.460. The van der Waals surface area contributed by atoms with Gasteiger partial charge in [-0.3, -0.25) is 0 Å². The number of fused-ring (bicyclic) bond motifs is 1. The van der Waals surface area contributed by atoms with Crippen molar-refractivity contribution in [2.45, 2.75) is 6.92 Å². The predicted molar refractivity (Wildman–Crippen MR) is 77.0 cm³/mol. The third-order valence-corrected chi connectivity index (χ3v) is 3.22. The number of aryl methyl sites for hydroxylation is 1. The Morgan fingerprint density at radius 2 is 2.20 bits per heavy atom. The zero-order valence-corrected chi connectivity index (χ0v) is 12.0. The van der Waals surface area contributed by atoms with E-state index in [2.05, 4.69) is 31.1 Å². The van der Waals surface area contributed by atoms with Crippen LogP contribution >= 0.6 is 15.9 Å². The van der Waals surface area contributed by atoms with Crippen molar-refractivity contribution >= 4 is 27.3 Å². The van der Waals surface area contributed by atoms with Gasteiger partial charge in [0.25, 0.3) is 0 Å². The molecule has 3 N–H and O–H groups in total. The van der Waals surface area contributed by atoms with Crippen molar-refractivity contribution in [3.05, 3.63) is 45.0 Å². The van der Waals surface area contributed by atoms with Gasteiger partial charge >= 0.3 is 5.69 Å². The van der Waals surface area contributed by atoms with Crippen molar-refractivity contribution in [2.24, 2.45) is 0 Å². The van der Waals surface area contributed by atoms with Crippen LogP contribution in [0.4, 0.5) is 5.69 Å². The van der Waals surface area contributed by atoms with E-state index in [9.17, 15) is 4.79 Å². The summed E-state index contributed by atoms with van der Waals surface area (Å²) in [5.74, 6) is 0.844. The first-order valence-corrected chi connectivity index (χ1v) is 6.50. The van der Waals surface area contributed by atoms with E-state index >= 15 is 0 Å². The number of aromatic amines is 1. The van der Waals surface area contributed by atoms with Gasteiger partial charge in [-0.05, 0) is 24.6 Å². The fourth-order valence-corrected chi connectivity index (χ4v) is 2.44. The number of nitrogens with one attached hydrogen (secondary N) is 1. The smallest absolute Gasteiger partial charge is 0.348 e. The minimum atomic E-state index is -0.349. The summed E-state index contributed by atoms with van der Waals surface area (Å²) in [5.41, 5.74) is 7.37. The quantitative estimate of drug-likeness (QED) is 0.696. The van der Waals surface area contributed by atoms with Gasteiger partial charge in [-0.25, -0.2) is 19.3 Å². The normalized spacial score (nSPS) is 10.9. The molecule has 0 aliphatic carbocycles. The first-order chi connectivity index (χ1) is 9.54. The molecule has 2 heterocycles. The van der Waals surface area contributed by atoms with Crippen molar-refractivity contribution < 1.29 is 4.74 Å². The second-order valence-corrected chi connectivity index (χ2v) is 5.14. The van der Waals surface area contributed by atoms with Crippen LogP contribution in [0, 0.1) is 6.92 Å². The maximum Gasteiger partial charge on any atom is 0.348 e. The Balaban J connectivity index is 2.03. The van der Waals surface area contributed by atoms with Crippen LogP contribution < -0.4 is 16.2 Å². The number of benzene rings is 1. The van der Waals surface area contributed by atoms with Crippen LogP contribution in [-0.2, 0) is 0 Å². The number of nitrogens with two attached hydrogens (primary N) is 1. The fraction of sp³-hybridized carbons (Fsp3) is 0.0833. The number of nitrogens with zero attached hydrogens (tertiary/aromatic N) is 3. The largest absolute Gasteiger partial charge is 0.436 e. The SMILES string of the molecule is Cc1cc(Br)cc(N)c1Oc1cc2n[nH]c(=O)n2cn1. The number of H-pyrrole nitrogens is 1. The molecule has 0 saturated heterocycles. The highest BCUT2D eigenvalue weighted by molar-refractivity contribution is 9.10. The average molecular weight is 336 g/mol. The molecule has 0 radical (unpaired) electrons. The van der Waals surface area contributed by atoms with Crippen molar-refractivity contribution in [2.75, 3.05) is 5.73 Å². The summed E-state index contributed by atoms with van der Waals surface area (Å²) in [6.45, 7) is 1.88. The van der Waals surface area contributed by atoms with Crippen molar-refractivity contribution in [3.63, 3.8) is 0 Å². The minimum Gasteiger partial charge on any atom is -0.436 e. The summed E-state index contributed by atoms with van der Waals surface area (Å²) in [4.78, 5) is 15.4. The molecule has 0 saturated carbocycles. The van der Waals surface area contributed by atoms with Crippen molar-refractivity contribution in [1.82, 2.24) is 19.6 Å². The molecule has 8 heteroatoms. The molecule has 1 aromatic carbocycles. The van der Waals surface area contributed by atoms with Gasteiger partial charge in [-0.2, -0.15) is 5.10 Å². The zero-order valence-electron chi connectivity index (χ0n) is 10.4. The van der Waals surface area contributed by atoms with Crippen LogP contribution in [0.2, 0.25) is 0 Å². The van der Waals surface area contributed by atoms with Crippen LogP contribution in [0.25, 0.3) is 5.65 Å². The first kappa shape index (κ1) is 12.7. The number of anilines is 1. The Morgan fingerprint density at radius 3 is 2.95 bits per heavy atom. The molecule has 3 rings (SSSR count). The summed E-state index contributed by atoms with van der Waals surface area (Å²) in [5, 5.41) is 6.18. The standard InChI is InChI=1S/C12H10BrN5O2/c1-6-2-7(13)3-8(14)11(6)20-10-4-9-16-17-12(19)18(9)5-15-10/h2-5H,14H2,1H3,(H,17,19). The van der Waals surface area contributed by atoms with Gasteiger partial charge in [0.05, 0.1) is 5.69 Å². The molecule has 3 aromatic rings. The third kappa shape index (κ3) is 2.14. The highest BCUT2D eigenvalue weighted by atomic mass is 79.9. The van der Waals surface area contributed by atoms with E-state index in [1.54, 1.807) is 12.1 Å². The van der Waals surface area contributed by atoms with Crippen molar-refractivity contribution in [1.29, 1.82) is 0 Å². The molecule has 0 unspecified atom stereocenters. The Labute approximate surface area is 121 Å². The van der Waals surface area contributed by atoms with Gasteiger partial charge in [0, 0.05) is 10.5 Å². The molecule has 0 aliphatic rings. The molecule has 102 valence electrons. The molecule has 7 nitrogen and oxygen atoms in total. The number of ether oxygens (including phenoxy) is 1. The monoisotopic (exact) mass is 335 g/mol. The molecular formula is C12H10BrN5O2. The fourth-order valence-electron chi connectivity index (χ4n) is 1.85. The molecule has 0 fully saturated rings. The van der Waals surface area contributed by atoms with Crippen LogP contribution in [0.5, 0.6) is 11.6 Å². The summed E-state index contributed by atoms with van der Waals surface area (Å²) < 4.78 is 7.85. The van der Waals surface area contributed by atoms with E-state index in [-0.39, 0.29) is 5.69 Å². The number of hydrogen-bond acceptors (Lipinski definition) is 5. The molecular weight excluding hydrogens is 326 g/mol. The van der Waals surface area contributed by atoms with Gasteiger partial charge in [-0.15, -0.1) is 0 Å². The first-order valence-electron chi connectivity index (χ1n) is 5.71. The molecule has 0 bridgehead atoms. The average Bonchev–Trinajstić information content (AvgIpc) is 2.75. The number of nitrogen functional groups attached to an aromatic ring is 1. The van der Waals surface area contributed by atoms with Gasteiger partial charge in [0.2, 0.25) is 5.88 Å². The second kappa shape index (κ2) is 4.64. The van der Waals surface area contributed by atoms with Gasteiger partial charge in [0.15, 0.2) is 11.4 Å². The van der Waals surface area contributed by atoms with E-state index in [0.29, 0.717) is 23.0 Å². The number of rotatable bonds is 2. The zero-order chi connectivity index (χ0) is 14.3. The summed E-state index contributed by atoms with van der Waals surface area (Å²) in [7, 11) is 0. The lowest BCUT2D eigenvalue weighted by Crippen LogP contribution is -2.09. The van der Waals surface area contributed by atoms with E-state index < -0.39 is 0 Å². The molecule has 2 aromatic heterocycles. The number of aromatic nitrogens is 4.